The summed E-state index contributed by atoms with van der Waals surface area (Å²) in [6, 6.07) is 27.0. The molecule has 1 aromatic heterocycles. The zero-order valence-corrected chi connectivity index (χ0v) is 58.3. The second-order valence-electron chi connectivity index (χ2n) is 25.7. The monoisotopic (exact) mass is 1390 g/mol. The summed E-state index contributed by atoms with van der Waals surface area (Å²) in [4.78, 5) is 110. The van der Waals surface area contributed by atoms with Crippen LogP contribution in [-0.4, -0.2) is 202 Å². The molecule has 26 nitrogen and oxygen atoms in total. The number of esters is 1. The van der Waals surface area contributed by atoms with Crippen molar-refractivity contribution >= 4 is 75.9 Å². The smallest absolute Gasteiger partial charge is 0.424 e. The number of likely N-dealkylation sites (N-methyl/N-ethyl adjacent to an activating group) is 1. The highest BCUT2D eigenvalue weighted by Crippen LogP contribution is 2.50. The first-order chi connectivity index (χ1) is 47.2. The number of epoxide rings is 1. The maximum absolute atomic E-state index is 14.4. The number of nitrogens with zero attached hydrogens (tertiary/aromatic N) is 5. The third-order valence-electron chi connectivity index (χ3n) is 18.9. The third kappa shape index (κ3) is 17.8. The Kier molecular flexibility index (Phi) is 24.7. The van der Waals surface area contributed by atoms with Crippen molar-refractivity contribution in [3.63, 3.8) is 0 Å². The van der Waals surface area contributed by atoms with E-state index < -0.39 is 114 Å². The van der Waals surface area contributed by atoms with Gasteiger partial charge in [-0.2, -0.15) is 0 Å². The van der Waals surface area contributed by atoms with Gasteiger partial charge in [0.15, 0.2) is 5.72 Å². The quantitative estimate of drug-likeness (QED) is 0.0127. The molecule has 2 saturated heterocycles. The lowest BCUT2D eigenvalue weighted by Crippen LogP contribution is -2.63. The molecule has 4 bridgehead atoms. The van der Waals surface area contributed by atoms with Crippen LogP contribution < -0.4 is 31.3 Å². The molecule has 4 aliphatic rings. The number of fused-ring (bicyclic) bond motifs is 9. The van der Waals surface area contributed by atoms with Crippen LogP contribution >= 0.6 is 11.6 Å². The van der Waals surface area contributed by atoms with Gasteiger partial charge in [0, 0.05) is 84.3 Å². The molecule has 6 N–H and O–H groups in total. The van der Waals surface area contributed by atoms with Crippen LogP contribution in [0.25, 0.3) is 22.0 Å². The number of aryl methyl sites for hydroxylation is 1. The van der Waals surface area contributed by atoms with Crippen molar-refractivity contribution in [2.75, 3.05) is 86.9 Å². The summed E-state index contributed by atoms with van der Waals surface area (Å²) in [5, 5.41) is 24.0. The molecule has 0 radical (unpaired) electrons. The predicted molar refractivity (Wildman–Crippen MR) is 367 cm³/mol. The van der Waals surface area contributed by atoms with Crippen molar-refractivity contribution in [1.82, 2.24) is 35.4 Å². The molecule has 7 amide bonds. The Morgan fingerprint density at radius 1 is 0.909 bits per heavy atom. The minimum absolute atomic E-state index is 0.00902. The van der Waals surface area contributed by atoms with E-state index in [9.17, 15) is 43.5 Å². The highest BCUT2D eigenvalue weighted by molar-refractivity contribution is 6.35. The van der Waals surface area contributed by atoms with Crippen molar-refractivity contribution in [1.29, 1.82) is 0 Å². The molecule has 3 aliphatic heterocycles. The number of hydrogen-bond donors (Lipinski definition) is 5. The van der Waals surface area contributed by atoms with E-state index in [2.05, 4.69) is 40.2 Å². The molecule has 4 heterocycles. The summed E-state index contributed by atoms with van der Waals surface area (Å²) in [5.41, 5.74) is 10.4. The molecule has 532 valence electrons. The first kappa shape index (κ1) is 74.3. The number of amides is 7. The van der Waals surface area contributed by atoms with E-state index in [1.54, 1.807) is 64.3 Å². The van der Waals surface area contributed by atoms with E-state index >= 15 is 0 Å². The van der Waals surface area contributed by atoms with Crippen LogP contribution in [0.4, 0.5) is 15.3 Å². The largest absolute Gasteiger partial charge is 0.495 e. The number of para-hydroxylation sites is 1. The number of hydrazine groups is 1. The average Bonchev–Trinajstić information content (AvgIpc) is 1.60. The number of hydrogen-bond acceptors (Lipinski definition) is 18. The molecule has 99 heavy (non-hydrogen) atoms. The van der Waals surface area contributed by atoms with Crippen molar-refractivity contribution in [3.8, 4) is 16.9 Å². The van der Waals surface area contributed by atoms with Crippen LogP contribution in [0.15, 0.2) is 115 Å². The number of halogens is 1. The predicted octanol–water partition coefficient (Wildman–Crippen LogP) is 6.69. The molecule has 5 aromatic rings. The SMILES string of the molecule is COc1cc2cc(c1Cl)N(C)C(=O)C[C@H](OC(=O)[C@H](C)N(C)C(=O)CCOCCOCCNC(=O)[C@H](CC(N)=O)NC(=O)CCn1c(CN(C)N(C)C(=O)OCC3c4ccccc4-c4ccccc43)cc3ccccc31)[C@]1(C)OC1C(C)[C@@H]1C[C@@](O)(NC(=O)O1)[C@H](OC)/C=C/C=C(\C)C2. The zero-order chi connectivity index (χ0) is 71.5. The summed E-state index contributed by atoms with van der Waals surface area (Å²) >= 11 is 6.84. The van der Waals surface area contributed by atoms with E-state index in [1.807, 2.05) is 72.2 Å². The number of nitrogens with one attached hydrogen (secondary N) is 3. The summed E-state index contributed by atoms with van der Waals surface area (Å²) in [5.74, 6) is -4.14. The molecule has 9 rings (SSSR count). The van der Waals surface area contributed by atoms with Gasteiger partial charge in [0.25, 0.3) is 0 Å². The molecule has 27 heteroatoms. The average molecular weight is 1390 g/mol. The van der Waals surface area contributed by atoms with Crippen LogP contribution in [0.2, 0.25) is 5.02 Å². The molecule has 4 aromatic carbocycles. The molecule has 1 aliphatic carbocycles. The Bertz CT molecular complexity index is 3820. The minimum Gasteiger partial charge on any atom is -0.495 e. The number of carbonyl (C=O) groups is 8. The van der Waals surface area contributed by atoms with E-state index in [-0.39, 0.29) is 82.9 Å². The number of benzene rings is 4. The molecule has 0 saturated carbocycles. The molecule has 2 unspecified atom stereocenters. The lowest BCUT2D eigenvalue weighted by molar-refractivity contribution is -0.162. The number of carbonyl (C=O) groups excluding carboxylic acids is 8. The number of alkyl carbamates (subject to hydrolysis) is 1. The van der Waals surface area contributed by atoms with Crippen molar-refractivity contribution in [2.24, 2.45) is 11.7 Å². The summed E-state index contributed by atoms with van der Waals surface area (Å²) < 4.78 is 48.7. The lowest BCUT2D eigenvalue weighted by Gasteiger charge is -2.42. The van der Waals surface area contributed by atoms with Gasteiger partial charge in [-0.15, -0.1) is 0 Å². The fourth-order valence-electron chi connectivity index (χ4n) is 13.0. The van der Waals surface area contributed by atoms with Crippen LogP contribution in [0, 0.1) is 5.92 Å². The van der Waals surface area contributed by atoms with Gasteiger partial charge in [-0.3, -0.25) is 29.3 Å². The van der Waals surface area contributed by atoms with Crippen LogP contribution in [-0.2, 0) is 81.4 Å². The van der Waals surface area contributed by atoms with Crippen LogP contribution in [0.3, 0.4) is 0 Å². The first-order valence-electron chi connectivity index (χ1n) is 33.0. The Balaban J connectivity index is 0.721. The Morgan fingerprint density at radius 3 is 2.27 bits per heavy atom. The van der Waals surface area contributed by atoms with Crippen LogP contribution in [0.5, 0.6) is 5.75 Å². The van der Waals surface area contributed by atoms with Crippen molar-refractivity contribution < 1.29 is 81.4 Å². The molecular formula is C72H90ClN9O17. The number of nitrogens with two attached hydrogens (primary N) is 1. The maximum atomic E-state index is 14.4. The normalized spacial score (nSPS) is 22.8. The minimum atomic E-state index is -1.90. The Morgan fingerprint density at radius 2 is 1.59 bits per heavy atom. The van der Waals surface area contributed by atoms with Gasteiger partial charge >= 0.3 is 18.2 Å². The van der Waals surface area contributed by atoms with E-state index in [0.717, 1.165) is 50.0 Å². The second-order valence-corrected chi connectivity index (χ2v) is 26.1. The van der Waals surface area contributed by atoms with Gasteiger partial charge in [-0.1, -0.05) is 109 Å². The number of methoxy groups -OCH3 is 2. The number of anilines is 1. The van der Waals surface area contributed by atoms with Gasteiger partial charge in [0.2, 0.25) is 29.5 Å². The van der Waals surface area contributed by atoms with E-state index in [0.29, 0.717) is 17.9 Å². The number of primary amides is 1. The number of aliphatic hydroxyl groups is 1. The third-order valence-corrected chi connectivity index (χ3v) is 19.3. The number of rotatable bonds is 26. The van der Waals surface area contributed by atoms with Crippen LogP contribution in [0.1, 0.15) is 88.1 Å². The van der Waals surface area contributed by atoms with Crippen molar-refractivity contribution in [3.05, 3.63) is 142 Å². The first-order valence-corrected chi connectivity index (χ1v) is 33.4. The van der Waals surface area contributed by atoms with Gasteiger partial charge in [-0.25, -0.2) is 24.4 Å². The number of ether oxygens (including phenoxy) is 8. The van der Waals surface area contributed by atoms with Gasteiger partial charge in [0.05, 0.1) is 71.1 Å². The Hall–Kier alpha value is -8.89. The molecular weight excluding hydrogens is 1300 g/mol. The van der Waals surface area contributed by atoms with Crippen molar-refractivity contribution in [2.45, 2.75) is 133 Å². The second kappa shape index (κ2) is 32.9. The Labute approximate surface area is 580 Å². The topological polar surface area (TPSA) is 314 Å². The summed E-state index contributed by atoms with van der Waals surface area (Å²) in [7, 11) is 9.25. The van der Waals surface area contributed by atoms with E-state index in [4.69, 9.17) is 55.2 Å². The fraction of sp³-hybridized carbons (Fsp3) is 0.472. The maximum Gasteiger partial charge on any atom is 0.424 e. The summed E-state index contributed by atoms with van der Waals surface area (Å²) in [6.45, 7) is 7.59. The fourth-order valence-corrected chi connectivity index (χ4v) is 13.3. The number of aromatic nitrogens is 1. The highest BCUT2D eigenvalue weighted by Gasteiger charge is 2.64. The van der Waals surface area contributed by atoms with Gasteiger partial charge in [0.1, 0.15) is 53.4 Å². The zero-order valence-electron chi connectivity index (χ0n) is 57.6. The molecule has 9 atom stereocenters. The number of allylic oxidation sites excluding steroid dienone is 3. The summed E-state index contributed by atoms with van der Waals surface area (Å²) in [6.07, 6.45) is -0.910. The van der Waals surface area contributed by atoms with Gasteiger partial charge in [-0.05, 0) is 84.7 Å². The molecule has 0 spiro atoms. The highest BCUT2D eigenvalue weighted by atomic mass is 35.5. The van der Waals surface area contributed by atoms with E-state index in [1.165, 1.54) is 43.0 Å². The molecule has 2 fully saturated rings. The standard InChI is InChI=1S/C72H90ClN9O17/c1-43-18-17-25-59(93-10)72(91)40-58(97-69(89)77-72)44(2)66-71(4,99-66)60(39-64(86)80(7)56-35-46(34-43)36-57(92-9)65(56)73)98-68(88)45(3)79(6)63(85)27-30-94-32-33-95-31-28-75-67(87)54(38-61(74)83)76-62(84)26-29-82-48(37-47-19-11-16-24-55(47)82)41-78(5)81(8)70(90)96-42-53-51-22-14-12-20-49(51)50-21-13-15-23-52(50)53/h11-25,35-37,44-45,53-54,58-60,66,91H,26-34,38-42H2,1-10H3,(H2,74,83)(H,75,87)(H,76,84)(H,77,89)/b25-17+,43-18+/t44?,45-,54-,58-,59+,60-,66?,71-,72-/m0/s1. The lowest BCUT2D eigenvalue weighted by atomic mass is 9.83. The van der Waals surface area contributed by atoms with Gasteiger partial charge < -0.3 is 73.7 Å².